The lowest BCUT2D eigenvalue weighted by Crippen LogP contribution is -2.50. The highest BCUT2D eigenvalue weighted by Crippen LogP contribution is 2.13. The number of nitrogens with zero attached hydrogens (tertiary/aromatic N) is 1. The van der Waals surface area contributed by atoms with Crippen LogP contribution in [0.1, 0.15) is 31.7 Å². The fraction of sp³-hybridized carbons (Fsp3) is 0.471. The highest BCUT2D eigenvalue weighted by Gasteiger charge is 2.28. The first kappa shape index (κ1) is 19.6. The van der Waals surface area contributed by atoms with Crippen molar-refractivity contribution in [3.63, 3.8) is 0 Å². The maximum atomic E-state index is 12.5. The molecule has 0 unspecified atom stereocenters. The number of hydrogen-bond donors (Lipinski definition) is 3. The quantitative estimate of drug-likeness (QED) is 0.460. The summed E-state index contributed by atoms with van der Waals surface area (Å²) in [6.45, 7) is 2.34. The molecule has 0 fully saturated rings. The number of carbonyl (C=O) groups is 3. The van der Waals surface area contributed by atoms with Gasteiger partial charge in [-0.1, -0.05) is 37.3 Å². The zero-order valence-corrected chi connectivity index (χ0v) is 14.1. The third-order valence-electron chi connectivity index (χ3n) is 3.67. The van der Waals surface area contributed by atoms with Crippen molar-refractivity contribution in [1.29, 1.82) is 0 Å². The minimum Gasteiger partial charge on any atom is -0.357 e. The summed E-state index contributed by atoms with van der Waals surface area (Å²) in [4.78, 5) is 37.4. The number of nitrogens with one attached hydrogen (secondary N) is 2. The number of hydroxylamine groups is 1. The van der Waals surface area contributed by atoms with Gasteiger partial charge < -0.3 is 10.2 Å². The summed E-state index contributed by atoms with van der Waals surface area (Å²) in [5, 5.41) is 11.1. The highest BCUT2D eigenvalue weighted by atomic mass is 16.5. The Morgan fingerprint density at radius 1 is 1.17 bits per heavy atom. The van der Waals surface area contributed by atoms with Gasteiger partial charge in [-0.25, -0.2) is 5.48 Å². The minimum absolute atomic E-state index is 0.0608. The Kier molecular flexibility index (Phi) is 8.49. The van der Waals surface area contributed by atoms with Gasteiger partial charge in [-0.2, -0.15) is 0 Å². The molecular formula is C17H25N3O4. The van der Waals surface area contributed by atoms with E-state index in [-0.39, 0.29) is 24.7 Å². The third kappa shape index (κ3) is 6.00. The van der Waals surface area contributed by atoms with Crippen LogP contribution < -0.4 is 10.8 Å². The van der Waals surface area contributed by atoms with Gasteiger partial charge in [0.05, 0.1) is 0 Å². The number of amides is 3. The molecule has 0 radical (unpaired) electrons. The van der Waals surface area contributed by atoms with Crippen molar-refractivity contribution in [1.82, 2.24) is 15.7 Å². The van der Waals surface area contributed by atoms with Crippen LogP contribution in [0.4, 0.5) is 0 Å². The lowest BCUT2D eigenvalue weighted by atomic mass is 10.0. The van der Waals surface area contributed by atoms with E-state index in [0.29, 0.717) is 19.4 Å². The van der Waals surface area contributed by atoms with E-state index < -0.39 is 11.9 Å². The first-order valence-corrected chi connectivity index (χ1v) is 8.01. The molecule has 0 saturated carbocycles. The van der Waals surface area contributed by atoms with Crippen LogP contribution in [0.15, 0.2) is 30.3 Å². The van der Waals surface area contributed by atoms with Crippen LogP contribution in [-0.2, 0) is 20.8 Å². The Balaban J connectivity index is 2.93. The average molecular weight is 335 g/mol. The van der Waals surface area contributed by atoms with Crippen LogP contribution in [0.5, 0.6) is 0 Å². The summed E-state index contributed by atoms with van der Waals surface area (Å²) >= 11 is 0. The van der Waals surface area contributed by atoms with Crippen molar-refractivity contribution in [2.24, 2.45) is 0 Å². The monoisotopic (exact) mass is 335 g/mol. The highest BCUT2D eigenvalue weighted by molar-refractivity contribution is 5.89. The zero-order valence-electron chi connectivity index (χ0n) is 14.1. The molecule has 132 valence electrons. The molecule has 0 spiro atoms. The second-order valence-electron chi connectivity index (χ2n) is 5.44. The molecule has 0 heterocycles. The lowest BCUT2D eigenvalue weighted by Gasteiger charge is -2.30. The van der Waals surface area contributed by atoms with Crippen molar-refractivity contribution in [2.75, 3.05) is 13.6 Å². The summed E-state index contributed by atoms with van der Waals surface area (Å²) < 4.78 is 0. The second kappa shape index (κ2) is 10.4. The number of hydrogen-bond acceptors (Lipinski definition) is 4. The van der Waals surface area contributed by atoms with E-state index in [4.69, 9.17) is 5.21 Å². The fourth-order valence-electron chi connectivity index (χ4n) is 2.46. The zero-order chi connectivity index (χ0) is 17.9. The van der Waals surface area contributed by atoms with E-state index in [1.54, 1.807) is 0 Å². The predicted molar refractivity (Wildman–Crippen MR) is 89.2 cm³/mol. The summed E-state index contributed by atoms with van der Waals surface area (Å²) in [5.41, 5.74) is 2.46. The van der Waals surface area contributed by atoms with Crippen LogP contribution in [-0.4, -0.2) is 47.5 Å². The molecule has 0 saturated heterocycles. The van der Waals surface area contributed by atoms with Gasteiger partial charge in [0.25, 0.3) is 0 Å². The average Bonchev–Trinajstić information content (AvgIpc) is 2.62. The molecular weight excluding hydrogens is 310 g/mol. The van der Waals surface area contributed by atoms with Crippen LogP contribution >= 0.6 is 0 Å². The van der Waals surface area contributed by atoms with Crippen molar-refractivity contribution in [3.8, 4) is 0 Å². The number of likely N-dealkylation sites (N-methyl/N-ethyl adjacent to an activating group) is 1. The van der Waals surface area contributed by atoms with E-state index >= 15 is 0 Å². The van der Waals surface area contributed by atoms with Gasteiger partial charge >= 0.3 is 0 Å². The molecule has 0 bridgehead atoms. The van der Waals surface area contributed by atoms with Crippen LogP contribution in [0.3, 0.4) is 0 Å². The molecule has 7 heteroatoms. The SMILES string of the molecule is CCCN(C(=O)CCC(=O)NO)[C@@H](Cc1ccccc1)C(=O)NC. The maximum absolute atomic E-state index is 12.5. The summed E-state index contributed by atoms with van der Waals surface area (Å²) in [5.74, 6) is -1.16. The van der Waals surface area contributed by atoms with E-state index in [9.17, 15) is 14.4 Å². The van der Waals surface area contributed by atoms with E-state index in [1.807, 2.05) is 37.3 Å². The Hall–Kier alpha value is -2.41. The van der Waals surface area contributed by atoms with Crippen LogP contribution in [0.25, 0.3) is 0 Å². The minimum atomic E-state index is -0.637. The lowest BCUT2D eigenvalue weighted by molar-refractivity contribution is -0.142. The smallest absolute Gasteiger partial charge is 0.243 e. The molecule has 24 heavy (non-hydrogen) atoms. The van der Waals surface area contributed by atoms with Gasteiger partial charge in [0, 0.05) is 32.9 Å². The van der Waals surface area contributed by atoms with Gasteiger partial charge in [0.15, 0.2) is 0 Å². The molecule has 0 aliphatic carbocycles. The largest absolute Gasteiger partial charge is 0.357 e. The summed E-state index contributed by atoms with van der Waals surface area (Å²) in [6, 6.07) is 8.83. The van der Waals surface area contributed by atoms with Crippen molar-refractivity contribution < 1.29 is 19.6 Å². The molecule has 3 N–H and O–H groups in total. The van der Waals surface area contributed by atoms with Crippen LogP contribution in [0, 0.1) is 0 Å². The number of rotatable bonds is 9. The molecule has 1 aromatic rings. The third-order valence-corrected chi connectivity index (χ3v) is 3.67. The second-order valence-corrected chi connectivity index (χ2v) is 5.44. The van der Waals surface area contributed by atoms with E-state index in [1.165, 1.54) is 17.4 Å². The first-order chi connectivity index (χ1) is 11.5. The summed E-state index contributed by atoms with van der Waals surface area (Å²) in [7, 11) is 1.54. The molecule has 7 nitrogen and oxygen atoms in total. The van der Waals surface area contributed by atoms with Gasteiger partial charge in [-0.05, 0) is 12.0 Å². The van der Waals surface area contributed by atoms with Gasteiger partial charge in [-0.3, -0.25) is 19.6 Å². The standard InChI is InChI=1S/C17H25N3O4/c1-3-11-20(16(22)10-9-15(21)19-24)14(17(23)18-2)12-13-7-5-4-6-8-13/h4-8,14,24H,3,9-12H2,1-2H3,(H,18,23)(H,19,21)/t14-/m0/s1. The van der Waals surface area contributed by atoms with Crippen molar-refractivity contribution >= 4 is 17.7 Å². The Labute approximate surface area is 142 Å². The topological polar surface area (TPSA) is 98.7 Å². The van der Waals surface area contributed by atoms with E-state index in [0.717, 1.165) is 5.56 Å². The molecule has 1 atom stereocenters. The maximum Gasteiger partial charge on any atom is 0.243 e. The Morgan fingerprint density at radius 3 is 2.38 bits per heavy atom. The van der Waals surface area contributed by atoms with Gasteiger partial charge in [0.1, 0.15) is 6.04 Å². The fourth-order valence-corrected chi connectivity index (χ4v) is 2.46. The molecule has 1 aromatic carbocycles. The molecule has 0 aliphatic rings. The number of benzene rings is 1. The van der Waals surface area contributed by atoms with Crippen LogP contribution in [0.2, 0.25) is 0 Å². The van der Waals surface area contributed by atoms with Gasteiger partial charge in [0.2, 0.25) is 17.7 Å². The molecule has 3 amide bonds. The molecule has 0 aromatic heterocycles. The van der Waals surface area contributed by atoms with Crippen molar-refractivity contribution in [3.05, 3.63) is 35.9 Å². The van der Waals surface area contributed by atoms with E-state index in [2.05, 4.69) is 5.32 Å². The number of carbonyl (C=O) groups excluding carboxylic acids is 3. The Bertz CT molecular complexity index is 548. The molecule has 0 aliphatic heterocycles. The Morgan fingerprint density at radius 2 is 1.83 bits per heavy atom. The van der Waals surface area contributed by atoms with Crippen molar-refractivity contribution in [2.45, 2.75) is 38.6 Å². The normalized spacial score (nSPS) is 11.5. The van der Waals surface area contributed by atoms with Gasteiger partial charge in [-0.15, -0.1) is 0 Å². The predicted octanol–water partition coefficient (Wildman–Crippen LogP) is 0.868. The first-order valence-electron chi connectivity index (χ1n) is 8.01. The summed E-state index contributed by atoms with van der Waals surface area (Å²) in [6.07, 6.45) is 0.911. The molecule has 1 rings (SSSR count).